The molecular formula is C20H18BrNO3S2. The average molecular weight is 464 g/mol. The first kappa shape index (κ1) is 19.9. The van der Waals surface area contributed by atoms with Crippen molar-refractivity contribution >= 4 is 56.2 Å². The van der Waals surface area contributed by atoms with Crippen molar-refractivity contribution in [2.45, 2.75) is 13.5 Å². The van der Waals surface area contributed by atoms with E-state index in [1.54, 1.807) is 7.05 Å². The third-order valence-electron chi connectivity index (χ3n) is 3.84. The molecule has 1 aliphatic heterocycles. The van der Waals surface area contributed by atoms with Crippen LogP contribution in [-0.2, 0) is 11.4 Å². The zero-order valence-corrected chi connectivity index (χ0v) is 18.1. The second-order valence-electron chi connectivity index (χ2n) is 5.78. The Balaban J connectivity index is 1.88. The van der Waals surface area contributed by atoms with Crippen LogP contribution in [0.25, 0.3) is 6.08 Å². The van der Waals surface area contributed by atoms with Crippen LogP contribution in [0.15, 0.2) is 51.8 Å². The fourth-order valence-corrected chi connectivity index (χ4v) is 4.25. The summed E-state index contributed by atoms with van der Waals surface area (Å²) in [7, 11) is 1.68. The predicted molar refractivity (Wildman–Crippen MR) is 117 cm³/mol. The Labute approximate surface area is 176 Å². The summed E-state index contributed by atoms with van der Waals surface area (Å²) in [5.74, 6) is 1.17. The first-order valence-corrected chi connectivity index (χ1v) is 10.4. The van der Waals surface area contributed by atoms with Crippen molar-refractivity contribution in [3.8, 4) is 11.5 Å². The Morgan fingerprint density at radius 3 is 2.59 bits per heavy atom. The number of hydrogen-bond acceptors (Lipinski definition) is 5. The minimum absolute atomic E-state index is 0.0940. The molecule has 2 aromatic carbocycles. The molecule has 140 valence electrons. The van der Waals surface area contributed by atoms with Gasteiger partial charge in [-0.2, -0.15) is 0 Å². The molecule has 1 amide bonds. The second kappa shape index (κ2) is 8.91. The van der Waals surface area contributed by atoms with Gasteiger partial charge in [0.25, 0.3) is 5.91 Å². The van der Waals surface area contributed by atoms with E-state index in [9.17, 15) is 4.79 Å². The zero-order chi connectivity index (χ0) is 19.4. The number of hydrogen-bond donors (Lipinski definition) is 0. The lowest BCUT2D eigenvalue weighted by Gasteiger charge is -2.15. The number of carbonyl (C=O) groups is 1. The van der Waals surface area contributed by atoms with Gasteiger partial charge >= 0.3 is 0 Å². The van der Waals surface area contributed by atoms with Gasteiger partial charge in [-0.25, -0.2) is 0 Å². The largest absolute Gasteiger partial charge is 0.490 e. The molecule has 1 aliphatic rings. The SMILES string of the molecule is CCOc1cc(/C=C2\SC(=S)N(C)C2=O)cc(Br)c1OCc1ccccc1. The van der Waals surface area contributed by atoms with E-state index in [1.165, 1.54) is 16.7 Å². The Hall–Kier alpha value is -1.83. The van der Waals surface area contributed by atoms with Gasteiger partial charge in [0.2, 0.25) is 0 Å². The lowest BCUT2D eigenvalue weighted by Crippen LogP contribution is -2.22. The van der Waals surface area contributed by atoms with E-state index >= 15 is 0 Å². The Morgan fingerprint density at radius 2 is 1.96 bits per heavy atom. The van der Waals surface area contributed by atoms with Gasteiger partial charge in [0.1, 0.15) is 10.9 Å². The van der Waals surface area contributed by atoms with Crippen LogP contribution in [0.2, 0.25) is 0 Å². The summed E-state index contributed by atoms with van der Waals surface area (Å²) in [5.41, 5.74) is 1.91. The first-order valence-electron chi connectivity index (χ1n) is 8.34. The molecule has 2 aromatic rings. The summed E-state index contributed by atoms with van der Waals surface area (Å²) < 4.78 is 13.1. The average Bonchev–Trinajstić information content (AvgIpc) is 2.89. The monoisotopic (exact) mass is 463 g/mol. The molecule has 0 atom stereocenters. The summed E-state index contributed by atoms with van der Waals surface area (Å²) >= 11 is 10.0. The van der Waals surface area contributed by atoms with E-state index in [2.05, 4.69) is 15.9 Å². The van der Waals surface area contributed by atoms with Crippen molar-refractivity contribution in [1.82, 2.24) is 4.90 Å². The molecule has 0 unspecified atom stereocenters. The molecular weight excluding hydrogens is 446 g/mol. The molecule has 0 radical (unpaired) electrons. The Bertz CT molecular complexity index is 900. The number of thiocarbonyl (C=S) groups is 1. The third kappa shape index (κ3) is 4.72. The van der Waals surface area contributed by atoms with Crippen molar-refractivity contribution in [2.24, 2.45) is 0 Å². The van der Waals surface area contributed by atoms with Crippen molar-refractivity contribution < 1.29 is 14.3 Å². The smallest absolute Gasteiger partial charge is 0.265 e. The highest BCUT2D eigenvalue weighted by molar-refractivity contribution is 9.10. The Kier molecular flexibility index (Phi) is 6.57. The van der Waals surface area contributed by atoms with E-state index in [4.69, 9.17) is 21.7 Å². The molecule has 0 saturated carbocycles. The summed E-state index contributed by atoms with van der Waals surface area (Å²) in [5, 5.41) is 0. The van der Waals surface area contributed by atoms with Gasteiger partial charge in [0, 0.05) is 7.05 Å². The third-order valence-corrected chi connectivity index (χ3v) is 5.92. The molecule has 0 spiro atoms. The van der Waals surface area contributed by atoms with Crippen molar-refractivity contribution in [3.05, 3.63) is 63.0 Å². The topological polar surface area (TPSA) is 38.8 Å². The van der Waals surface area contributed by atoms with Crippen LogP contribution in [0.1, 0.15) is 18.1 Å². The normalized spacial score (nSPS) is 15.5. The van der Waals surface area contributed by atoms with Gasteiger partial charge < -0.3 is 9.47 Å². The molecule has 0 N–H and O–H groups in total. The maximum atomic E-state index is 12.2. The van der Waals surface area contributed by atoms with E-state index in [0.29, 0.717) is 33.9 Å². The maximum Gasteiger partial charge on any atom is 0.265 e. The standard InChI is InChI=1S/C20H18BrNO3S2/c1-3-24-16-10-14(11-17-19(23)22(2)20(26)27-17)9-15(21)18(16)25-12-13-7-5-4-6-8-13/h4-11H,3,12H2,1-2H3/b17-11-. The number of likely N-dealkylation sites (N-methyl/N-ethyl adjacent to an activating group) is 1. The molecule has 1 heterocycles. The highest BCUT2D eigenvalue weighted by Gasteiger charge is 2.28. The fourth-order valence-electron chi connectivity index (χ4n) is 2.50. The molecule has 27 heavy (non-hydrogen) atoms. The van der Waals surface area contributed by atoms with Crippen LogP contribution >= 0.6 is 39.9 Å². The molecule has 3 rings (SSSR count). The van der Waals surface area contributed by atoms with E-state index < -0.39 is 0 Å². The van der Waals surface area contributed by atoms with Gasteiger partial charge in [-0.15, -0.1) is 0 Å². The molecule has 7 heteroatoms. The van der Waals surface area contributed by atoms with Crippen LogP contribution in [-0.4, -0.2) is 28.8 Å². The minimum Gasteiger partial charge on any atom is -0.490 e. The number of carbonyl (C=O) groups excluding carboxylic acids is 1. The number of halogens is 1. The number of nitrogens with zero attached hydrogens (tertiary/aromatic N) is 1. The van der Waals surface area contributed by atoms with Gasteiger partial charge in [-0.3, -0.25) is 9.69 Å². The lowest BCUT2D eigenvalue weighted by atomic mass is 10.1. The summed E-state index contributed by atoms with van der Waals surface area (Å²) in [4.78, 5) is 14.3. The van der Waals surface area contributed by atoms with Crippen LogP contribution in [0, 0.1) is 0 Å². The number of benzene rings is 2. The van der Waals surface area contributed by atoms with Gasteiger partial charge in [0.15, 0.2) is 11.5 Å². The van der Waals surface area contributed by atoms with Crippen LogP contribution in [0.5, 0.6) is 11.5 Å². The number of thioether (sulfide) groups is 1. The summed E-state index contributed by atoms with van der Waals surface area (Å²) in [6.07, 6.45) is 1.82. The molecule has 1 fully saturated rings. The minimum atomic E-state index is -0.0940. The van der Waals surface area contributed by atoms with Gasteiger partial charge in [-0.1, -0.05) is 54.3 Å². The Morgan fingerprint density at radius 1 is 1.22 bits per heavy atom. The fraction of sp³-hybridized carbons (Fsp3) is 0.200. The summed E-state index contributed by atoms with van der Waals surface area (Å²) in [6.45, 7) is 2.87. The van der Waals surface area contributed by atoms with E-state index in [1.807, 2.05) is 55.5 Å². The highest BCUT2D eigenvalue weighted by Crippen LogP contribution is 2.39. The van der Waals surface area contributed by atoms with Crippen LogP contribution < -0.4 is 9.47 Å². The first-order chi connectivity index (χ1) is 13.0. The molecule has 4 nitrogen and oxygen atoms in total. The highest BCUT2D eigenvalue weighted by atomic mass is 79.9. The number of amides is 1. The molecule has 0 bridgehead atoms. The van der Waals surface area contributed by atoms with E-state index in [-0.39, 0.29) is 5.91 Å². The zero-order valence-electron chi connectivity index (χ0n) is 14.9. The van der Waals surface area contributed by atoms with Crippen LogP contribution in [0.4, 0.5) is 0 Å². The lowest BCUT2D eigenvalue weighted by molar-refractivity contribution is -0.121. The van der Waals surface area contributed by atoms with Crippen molar-refractivity contribution in [3.63, 3.8) is 0 Å². The van der Waals surface area contributed by atoms with E-state index in [0.717, 1.165) is 15.6 Å². The number of rotatable bonds is 6. The van der Waals surface area contributed by atoms with Gasteiger partial charge in [0.05, 0.1) is 16.0 Å². The maximum absolute atomic E-state index is 12.2. The van der Waals surface area contributed by atoms with Crippen LogP contribution in [0.3, 0.4) is 0 Å². The van der Waals surface area contributed by atoms with Crippen molar-refractivity contribution in [1.29, 1.82) is 0 Å². The quantitative estimate of drug-likeness (QED) is 0.431. The van der Waals surface area contributed by atoms with Gasteiger partial charge in [-0.05, 0) is 52.2 Å². The second-order valence-corrected chi connectivity index (χ2v) is 8.31. The molecule has 1 saturated heterocycles. The predicted octanol–water partition coefficient (Wildman–Crippen LogP) is 5.26. The summed E-state index contributed by atoms with van der Waals surface area (Å²) in [6, 6.07) is 13.7. The van der Waals surface area contributed by atoms with Crippen molar-refractivity contribution in [2.75, 3.05) is 13.7 Å². The molecule has 0 aliphatic carbocycles. The number of ether oxygens (including phenoxy) is 2. The molecule has 0 aromatic heterocycles.